The highest BCUT2D eigenvalue weighted by molar-refractivity contribution is 5.63. The van der Waals surface area contributed by atoms with Gasteiger partial charge in [-0.2, -0.15) is 0 Å². The van der Waals surface area contributed by atoms with Crippen molar-refractivity contribution in [3.63, 3.8) is 0 Å². The molecule has 0 atom stereocenters. The summed E-state index contributed by atoms with van der Waals surface area (Å²) < 4.78 is 7.33. The maximum atomic E-state index is 5.99. The molecule has 1 aromatic carbocycles. The molecule has 1 aromatic heterocycles. The number of nitrogens with two attached hydrogens (primary N) is 1. The van der Waals surface area contributed by atoms with E-state index < -0.39 is 0 Å². The third kappa shape index (κ3) is 2.90. The summed E-state index contributed by atoms with van der Waals surface area (Å²) in [6.45, 7) is 6.68. The van der Waals surface area contributed by atoms with Crippen LogP contribution in [0.5, 0.6) is 0 Å². The predicted octanol–water partition coefficient (Wildman–Crippen LogP) is 2.05. The minimum absolute atomic E-state index is 0.179. The van der Waals surface area contributed by atoms with E-state index in [1.54, 1.807) is 0 Å². The SMILES string of the molecule is Cc1ccc(-c2nnnn2CC2(C)CCOCC2)cc1N. The van der Waals surface area contributed by atoms with Gasteiger partial charge in [-0.1, -0.05) is 19.1 Å². The Balaban J connectivity index is 1.88. The average Bonchev–Trinajstić information content (AvgIpc) is 2.90. The lowest BCUT2D eigenvalue weighted by Gasteiger charge is -2.33. The Hall–Kier alpha value is -1.95. The van der Waals surface area contributed by atoms with Crippen LogP contribution < -0.4 is 5.73 Å². The van der Waals surface area contributed by atoms with Gasteiger partial charge in [-0.25, -0.2) is 4.68 Å². The largest absolute Gasteiger partial charge is 0.398 e. The fraction of sp³-hybridized carbons (Fsp3) is 0.533. The van der Waals surface area contributed by atoms with E-state index in [-0.39, 0.29) is 5.41 Å². The standard InChI is InChI=1S/C15H21N5O/c1-11-3-4-12(9-13(11)16)14-17-18-19-20(14)10-15(2)5-7-21-8-6-15/h3-4,9H,5-8,10,16H2,1-2H3. The molecule has 2 heterocycles. The second-order valence-electron chi connectivity index (χ2n) is 6.15. The summed E-state index contributed by atoms with van der Waals surface area (Å²) in [5, 5.41) is 12.2. The molecule has 1 aliphatic rings. The molecule has 21 heavy (non-hydrogen) atoms. The van der Waals surface area contributed by atoms with Crippen molar-refractivity contribution < 1.29 is 4.74 Å². The van der Waals surface area contributed by atoms with E-state index >= 15 is 0 Å². The van der Waals surface area contributed by atoms with E-state index in [1.165, 1.54) is 0 Å². The van der Waals surface area contributed by atoms with Gasteiger partial charge in [0.1, 0.15) is 0 Å². The Labute approximate surface area is 124 Å². The van der Waals surface area contributed by atoms with Crippen LogP contribution in [-0.4, -0.2) is 33.4 Å². The number of aromatic nitrogens is 4. The van der Waals surface area contributed by atoms with Gasteiger partial charge in [0, 0.05) is 24.5 Å². The zero-order valence-electron chi connectivity index (χ0n) is 12.5. The quantitative estimate of drug-likeness (QED) is 0.874. The van der Waals surface area contributed by atoms with E-state index in [9.17, 15) is 0 Å². The first-order chi connectivity index (χ1) is 10.1. The molecule has 0 aliphatic carbocycles. The molecule has 0 radical (unpaired) electrons. The van der Waals surface area contributed by atoms with Crippen molar-refractivity contribution in [2.24, 2.45) is 5.41 Å². The molecule has 1 aliphatic heterocycles. The molecule has 2 aromatic rings. The Morgan fingerprint density at radius 2 is 2.10 bits per heavy atom. The van der Waals surface area contributed by atoms with Gasteiger partial charge in [-0.3, -0.25) is 0 Å². The number of ether oxygens (including phenoxy) is 1. The molecule has 112 valence electrons. The van der Waals surface area contributed by atoms with E-state index in [1.807, 2.05) is 29.8 Å². The van der Waals surface area contributed by atoms with Gasteiger partial charge >= 0.3 is 0 Å². The van der Waals surface area contributed by atoms with E-state index in [0.29, 0.717) is 0 Å². The molecule has 0 unspecified atom stereocenters. The van der Waals surface area contributed by atoms with E-state index in [4.69, 9.17) is 10.5 Å². The van der Waals surface area contributed by atoms with Crippen LogP contribution >= 0.6 is 0 Å². The Morgan fingerprint density at radius 3 is 2.81 bits per heavy atom. The summed E-state index contributed by atoms with van der Waals surface area (Å²) in [4.78, 5) is 0. The number of rotatable bonds is 3. The lowest BCUT2D eigenvalue weighted by Crippen LogP contribution is -2.31. The second-order valence-corrected chi connectivity index (χ2v) is 6.15. The van der Waals surface area contributed by atoms with Gasteiger partial charge in [0.05, 0.1) is 6.54 Å². The zero-order valence-corrected chi connectivity index (χ0v) is 12.5. The first-order valence-corrected chi connectivity index (χ1v) is 7.28. The maximum Gasteiger partial charge on any atom is 0.182 e. The molecule has 0 amide bonds. The number of hydrogen-bond donors (Lipinski definition) is 1. The summed E-state index contributed by atoms with van der Waals surface area (Å²) >= 11 is 0. The molecule has 0 saturated carbocycles. The lowest BCUT2D eigenvalue weighted by molar-refractivity contribution is 0.0138. The lowest BCUT2D eigenvalue weighted by atomic mass is 9.82. The predicted molar refractivity (Wildman–Crippen MR) is 80.6 cm³/mol. The fourth-order valence-electron chi connectivity index (χ4n) is 2.68. The molecule has 1 fully saturated rings. The normalized spacial score (nSPS) is 17.8. The number of benzene rings is 1. The Kier molecular flexibility index (Phi) is 3.63. The molecule has 2 N–H and O–H groups in total. The minimum Gasteiger partial charge on any atom is -0.398 e. The van der Waals surface area contributed by atoms with Crippen molar-refractivity contribution in [2.45, 2.75) is 33.2 Å². The van der Waals surface area contributed by atoms with Crippen LogP contribution in [0.4, 0.5) is 5.69 Å². The summed E-state index contributed by atoms with van der Waals surface area (Å²) in [6, 6.07) is 5.95. The van der Waals surface area contributed by atoms with E-state index in [2.05, 4.69) is 22.4 Å². The molecule has 1 saturated heterocycles. The molecular weight excluding hydrogens is 266 g/mol. The number of anilines is 1. The average molecular weight is 287 g/mol. The van der Waals surface area contributed by atoms with Crippen molar-refractivity contribution in [3.05, 3.63) is 23.8 Å². The first kappa shape index (κ1) is 14.0. The third-order valence-corrected chi connectivity index (χ3v) is 4.30. The van der Waals surface area contributed by atoms with Crippen molar-refractivity contribution in [1.29, 1.82) is 0 Å². The van der Waals surface area contributed by atoms with Crippen LogP contribution in [0, 0.1) is 12.3 Å². The van der Waals surface area contributed by atoms with Gasteiger partial charge in [-0.15, -0.1) is 5.10 Å². The number of hydrogen-bond acceptors (Lipinski definition) is 5. The third-order valence-electron chi connectivity index (χ3n) is 4.30. The monoisotopic (exact) mass is 287 g/mol. The summed E-state index contributed by atoms with van der Waals surface area (Å²) in [7, 11) is 0. The van der Waals surface area contributed by atoms with Crippen LogP contribution in [0.3, 0.4) is 0 Å². The molecule has 3 rings (SSSR count). The highest BCUT2D eigenvalue weighted by atomic mass is 16.5. The highest BCUT2D eigenvalue weighted by Gasteiger charge is 2.29. The van der Waals surface area contributed by atoms with Crippen LogP contribution in [-0.2, 0) is 11.3 Å². The zero-order chi connectivity index (χ0) is 14.9. The molecule has 6 heteroatoms. The Morgan fingerprint density at radius 1 is 1.33 bits per heavy atom. The number of nitrogen functional groups attached to an aromatic ring is 1. The van der Waals surface area contributed by atoms with Crippen molar-refractivity contribution in [1.82, 2.24) is 20.2 Å². The Bertz CT molecular complexity index is 631. The minimum atomic E-state index is 0.179. The van der Waals surface area contributed by atoms with Gasteiger partial charge in [0.2, 0.25) is 0 Å². The molecular formula is C15H21N5O. The van der Waals surface area contributed by atoms with E-state index in [0.717, 1.165) is 55.2 Å². The molecule has 0 bridgehead atoms. The number of nitrogens with zero attached hydrogens (tertiary/aromatic N) is 4. The fourth-order valence-corrected chi connectivity index (χ4v) is 2.68. The van der Waals surface area contributed by atoms with Crippen molar-refractivity contribution in [3.8, 4) is 11.4 Å². The van der Waals surface area contributed by atoms with Gasteiger partial charge in [-0.05, 0) is 47.2 Å². The van der Waals surface area contributed by atoms with Crippen molar-refractivity contribution >= 4 is 5.69 Å². The van der Waals surface area contributed by atoms with Gasteiger partial charge < -0.3 is 10.5 Å². The summed E-state index contributed by atoms with van der Waals surface area (Å²) in [5.74, 6) is 0.773. The highest BCUT2D eigenvalue weighted by Crippen LogP contribution is 2.32. The summed E-state index contributed by atoms with van der Waals surface area (Å²) in [6.07, 6.45) is 2.06. The van der Waals surface area contributed by atoms with Gasteiger partial charge in [0.25, 0.3) is 0 Å². The molecule has 0 spiro atoms. The van der Waals surface area contributed by atoms with Crippen molar-refractivity contribution in [2.75, 3.05) is 18.9 Å². The first-order valence-electron chi connectivity index (χ1n) is 7.28. The van der Waals surface area contributed by atoms with Crippen LogP contribution in [0.15, 0.2) is 18.2 Å². The second kappa shape index (κ2) is 5.44. The van der Waals surface area contributed by atoms with Crippen LogP contribution in [0.1, 0.15) is 25.3 Å². The van der Waals surface area contributed by atoms with Crippen LogP contribution in [0.2, 0.25) is 0 Å². The number of aryl methyl sites for hydroxylation is 1. The molecule has 6 nitrogen and oxygen atoms in total. The summed E-state index contributed by atoms with van der Waals surface area (Å²) in [5.41, 5.74) is 8.96. The smallest absolute Gasteiger partial charge is 0.182 e. The number of tetrazole rings is 1. The topological polar surface area (TPSA) is 78.8 Å². The maximum absolute atomic E-state index is 5.99. The van der Waals surface area contributed by atoms with Gasteiger partial charge in [0.15, 0.2) is 5.82 Å². The van der Waals surface area contributed by atoms with Crippen LogP contribution in [0.25, 0.3) is 11.4 Å².